The lowest BCUT2D eigenvalue weighted by Gasteiger charge is -2.23. The average Bonchev–Trinajstić information content (AvgIpc) is 2.05. The van der Waals surface area contributed by atoms with Gasteiger partial charge in [0, 0.05) is 0 Å². The molecule has 0 saturated carbocycles. The van der Waals surface area contributed by atoms with Gasteiger partial charge in [-0.15, -0.1) is 0 Å². The zero-order valence-electron chi connectivity index (χ0n) is 8.77. The van der Waals surface area contributed by atoms with Crippen LogP contribution < -0.4 is 0 Å². The van der Waals surface area contributed by atoms with Crippen molar-refractivity contribution in [3.63, 3.8) is 0 Å². The van der Waals surface area contributed by atoms with Crippen LogP contribution in [0, 0.1) is 11.8 Å². The summed E-state index contributed by atoms with van der Waals surface area (Å²) >= 11 is 0. The Balaban J connectivity index is 2.59. The molecule has 0 heterocycles. The van der Waals surface area contributed by atoms with E-state index in [1.54, 1.807) is 5.57 Å². The summed E-state index contributed by atoms with van der Waals surface area (Å²) in [5, 5.41) is 0. The first-order chi connectivity index (χ1) is 5.74. The van der Waals surface area contributed by atoms with Gasteiger partial charge in [0.15, 0.2) is 0 Å². The standard InChI is InChI=1S/C12H22/c1-4-12-9-10(2)7-5-6-8-11(12)3/h8,10,12H,4-7,9H2,1-3H3/b11-8-/t10-,12+/m1/s1. The Labute approximate surface area is 77.1 Å². The molecule has 0 nitrogen and oxygen atoms in total. The van der Waals surface area contributed by atoms with E-state index in [0.29, 0.717) is 0 Å². The van der Waals surface area contributed by atoms with E-state index in [1.165, 1.54) is 32.1 Å². The summed E-state index contributed by atoms with van der Waals surface area (Å²) in [4.78, 5) is 0. The molecule has 0 heteroatoms. The van der Waals surface area contributed by atoms with E-state index in [4.69, 9.17) is 0 Å². The minimum atomic E-state index is 0.875. The third kappa shape index (κ3) is 2.66. The Bertz CT molecular complexity index is 155. The summed E-state index contributed by atoms with van der Waals surface area (Å²) < 4.78 is 0. The summed E-state index contributed by atoms with van der Waals surface area (Å²) in [6.45, 7) is 7.03. The first-order valence-electron chi connectivity index (χ1n) is 5.40. The molecule has 2 atom stereocenters. The molecular weight excluding hydrogens is 144 g/mol. The number of rotatable bonds is 1. The molecule has 0 aliphatic heterocycles. The lowest BCUT2D eigenvalue weighted by atomic mass is 9.83. The van der Waals surface area contributed by atoms with Gasteiger partial charge >= 0.3 is 0 Å². The first-order valence-corrected chi connectivity index (χ1v) is 5.40. The highest BCUT2D eigenvalue weighted by molar-refractivity contribution is 5.04. The molecule has 1 aliphatic rings. The molecule has 70 valence electrons. The van der Waals surface area contributed by atoms with Crippen LogP contribution in [0.5, 0.6) is 0 Å². The highest BCUT2D eigenvalue weighted by Crippen LogP contribution is 2.28. The molecule has 0 saturated heterocycles. The Kier molecular flexibility index (Phi) is 3.84. The molecule has 0 N–H and O–H groups in total. The van der Waals surface area contributed by atoms with Gasteiger partial charge in [-0.25, -0.2) is 0 Å². The zero-order valence-corrected chi connectivity index (χ0v) is 8.77. The zero-order chi connectivity index (χ0) is 8.97. The van der Waals surface area contributed by atoms with Crippen LogP contribution in [0.3, 0.4) is 0 Å². The average molecular weight is 166 g/mol. The van der Waals surface area contributed by atoms with Gasteiger partial charge in [0.05, 0.1) is 0 Å². The van der Waals surface area contributed by atoms with Gasteiger partial charge in [-0.2, -0.15) is 0 Å². The summed E-state index contributed by atoms with van der Waals surface area (Å²) in [6.07, 6.45) is 9.34. The van der Waals surface area contributed by atoms with Gasteiger partial charge in [-0.1, -0.05) is 31.9 Å². The molecule has 0 spiro atoms. The summed E-state index contributed by atoms with van der Waals surface area (Å²) in [7, 11) is 0. The van der Waals surface area contributed by atoms with E-state index in [-0.39, 0.29) is 0 Å². The van der Waals surface area contributed by atoms with E-state index in [2.05, 4.69) is 26.8 Å². The van der Waals surface area contributed by atoms with Gasteiger partial charge in [0.2, 0.25) is 0 Å². The Hall–Kier alpha value is -0.260. The van der Waals surface area contributed by atoms with E-state index in [1.807, 2.05) is 0 Å². The highest BCUT2D eigenvalue weighted by atomic mass is 14.2. The van der Waals surface area contributed by atoms with Crippen LogP contribution in [0.1, 0.15) is 52.9 Å². The second-order valence-corrected chi connectivity index (χ2v) is 4.33. The van der Waals surface area contributed by atoms with Crippen LogP contribution in [-0.2, 0) is 0 Å². The van der Waals surface area contributed by atoms with E-state index in [9.17, 15) is 0 Å². The van der Waals surface area contributed by atoms with Crippen LogP contribution in [0.4, 0.5) is 0 Å². The largest absolute Gasteiger partial charge is 0.0853 e. The molecule has 0 amide bonds. The summed E-state index contributed by atoms with van der Waals surface area (Å²) in [5.74, 6) is 1.82. The number of hydrogen-bond acceptors (Lipinski definition) is 0. The molecule has 0 aromatic heterocycles. The van der Waals surface area contributed by atoms with E-state index in [0.717, 1.165) is 11.8 Å². The maximum atomic E-state index is 2.46. The fourth-order valence-corrected chi connectivity index (χ4v) is 2.24. The predicted octanol–water partition coefficient (Wildman–Crippen LogP) is 4.17. The number of allylic oxidation sites excluding steroid dienone is 2. The van der Waals surface area contributed by atoms with Crippen LogP contribution in [0.25, 0.3) is 0 Å². The van der Waals surface area contributed by atoms with E-state index < -0.39 is 0 Å². The quantitative estimate of drug-likeness (QED) is 0.513. The number of hydrogen-bond donors (Lipinski definition) is 0. The van der Waals surface area contributed by atoms with Gasteiger partial charge in [-0.3, -0.25) is 0 Å². The molecular formula is C12H22. The Morgan fingerprint density at radius 3 is 2.92 bits per heavy atom. The van der Waals surface area contributed by atoms with Gasteiger partial charge < -0.3 is 0 Å². The van der Waals surface area contributed by atoms with Crippen LogP contribution in [-0.4, -0.2) is 0 Å². The fourth-order valence-electron chi connectivity index (χ4n) is 2.24. The maximum Gasteiger partial charge on any atom is -0.0206 e. The van der Waals surface area contributed by atoms with Gasteiger partial charge in [0.1, 0.15) is 0 Å². The fraction of sp³-hybridized carbons (Fsp3) is 0.833. The SMILES string of the molecule is CC[C@H]1C[C@H](C)CCC/C=C\1C. The second-order valence-electron chi connectivity index (χ2n) is 4.33. The Morgan fingerprint density at radius 2 is 2.25 bits per heavy atom. The molecule has 0 radical (unpaired) electrons. The van der Waals surface area contributed by atoms with Crippen molar-refractivity contribution >= 4 is 0 Å². The third-order valence-corrected chi connectivity index (χ3v) is 3.19. The molecule has 1 rings (SSSR count). The summed E-state index contributed by atoms with van der Waals surface area (Å²) in [5.41, 5.74) is 1.64. The molecule has 0 unspecified atom stereocenters. The summed E-state index contributed by atoms with van der Waals surface area (Å²) in [6, 6.07) is 0. The molecule has 0 bridgehead atoms. The van der Waals surface area contributed by atoms with Gasteiger partial charge in [-0.05, 0) is 44.4 Å². The maximum absolute atomic E-state index is 2.46. The highest BCUT2D eigenvalue weighted by Gasteiger charge is 2.14. The topological polar surface area (TPSA) is 0 Å². The molecule has 12 heavy (non-hydrogen) atoms. The second kappa shape index (κ2) is 4.69. The lowest BCUT2D eigenvalue weighted by molar-refractivity contribution is 0.384. The van der Waals surface area contributed by atoms with Crippen molar-refractivity contribution < 1.29 is 0 Å². The van der Waals surface area contributed by atoms with E-state index >= 15 is 0 Å². The van der Waals surface area contributed by atoms with Crippen molar-refractivity contribution in [2.45, 2.75) is 52.9 Å². The van der Waals surface area contributed by atoms with Gasteiger partial charge in [0.25, 0.3) is 0 Å². The van der Waals surface area contributed by atoms with Crippen LogP contribution in [0.2, 0.25) is 0 Å². The molecule has 0 fully saturated rings. The smallest absolute Gasteiger partial charge is 0.0206 e. The van der Waals surface area contributed by atoms with Crippen molar-refractivity contribution in [2.24, 2.45) is 11.8 Å². The Morgan fingerprint density at radius 1 is 1.50 bits per heavy atom. The van der Waals surface area contributed by atoms with Crippen molar-refractivity contribution in [1.29, 1.82) is 0 Å². The van der Waals surface area contributed by atoms with Crippen LogP contribution in [0.15, 0.2) is 11.6 Å². The predicted molar refractivity (Wildman–Crippen MR) is 55.2 cm³/mol. The first kappa shape index (κ1) is 9.83. The van der Waals surface area contributed by atoms with Crippen molar-refractivity contribution in [3.05, 3.63) is 11.6 Å². The lowest BCUT2D eigenvalue weighted by Crippen LogP contribution is -2.09. The molecule has 0 aromatic carbocycles. The van der Waals surface area contributed by atoms with Crippen LogP contribution >= 0.6 is 0 Å². The van der Waals surface area contributed by atoms with Crippen molar-refractivity contribution in [1.82, 2.24) is 0 Å². The third-order valence-electron chi connectivity index (χ3n) is 3.19. The minimum Gasteiger partial charge on any atom is -0.0853 e. The van der Waals surface area contributed by atoms with Crippen molar-refractivity contribution in [2.75, 3.05) is 0 Å². The monoisotopic (exact) mass is 166 g/mol. The normalized spacial score (nSPS) is 36.4. The van der Waals surface area contributed by atoms with Crippen molar-refractivity contribution in [3.8, 4) is 0 Å². The molecule has 1 aliphatic carbocycles. The molecule has 0 aromatic rings. The minimum absolute atomic E-state index is 0.875.